The van der Waals surface area contributed by atoms with Gasteiger partial charge in [0.05, 0.1) is 17.0 Å². The first-order valence-electron chi connectivity index (χ1n) is 9.80. The average Bonchev–Trinajstić information content (AvgIpc) is 2.76. The van der Waals surface area contributed by atoms with Crippen LogP contribution in [0.25, 0.3) is 11.3 Å². The Hall–Kier alpha value is -3.62. The lowest BCUT2D eigenvalue weighted by Gasteiger charge is -2.44. The van der Waals surface area contributed by atoms with Crippen molar-refractivity contribution in [1.29, 1.82) is 0 Å². The fraction of sp³-hybridized carbons (Fsp3) is 0.273. The number of aromatic nitrogens is 3. The minimum absolute atomic E-state index is 0.133. The van der Waals surface area contributed by atoms with Crippen molar-refractivity contribution in [2.45, 2.75) is 24.4 Å². The molecular formula is C22H21F2N5O2. The van der Waals surface area contributed by atoms with Gasteiger partial charge in [0.25, 0.3) is 5.91 Å². The quantitative estimate of drug-likeness (QED) is 0.561. The van der Waals surface area contributed by atoms with Gasteiger partial charge in [-0.25, -0.2) is 8.78 Å². The Morgan fingerprint density at radius 2 is 2.00 bits per heavy atom. The Balaban J connectivity index is 1.52. The molecule has 0 saturated heterocycles. The number of phenols is 1. The molecule has 31 heavy (non-hydrogen) atoms. The van der Waals surface area contributed by atoms with Crippen LogP contribution in [0.4, 0.5) is 14.6 Å². The maximum atomic E-state index is 14.3. The molecule has 0 unspecified atom stereocenters. The lowest BCUT2D eigenvalue weighted by Crippen LogP contribution is -2.49. The normalized spacial score (nSPS) is 20.0. The third-order valence-electron chi connectivity index (χ3n) is 5.54. The number of amides is 1. The summed E-state index contributed by atoms with van der Waals surface area (Å²) in [4.78, 5) is 16.0. The van der Waals surface area contributed by atoms with E-state index in [1.807, 2.05) is 0 Å². The minimum Gasteiger partial charge on any atom is -0.506 e. The van der Waals surface area contributed by atoms with Gasteiger partial charge in [-0.05, 0) is 49.2 Å². The van der Waals surface area contributed by atoms with Crippen molar-refractivity contribution < 1.29 is 18.7 Å². The molecular weight excluding hydrogens is 404 g/mol. The fourth-order valence-electron chi connectivity index (χ4n) is 3.88. The maximum Gasteiger partial charge on any atom is 0.254 e. The van der Waals surface area contributed by atoms with Gasteiger partial charge in [0.1, 0.15) is 23.6 Å². The van der Waals surface area contributed by atoms with Crippen LogP contribution in [0.1, 0.15) is 28.9 Å². The van der Waals surface area contributed by atoms with Crippen LogP contribution in [-0.4, -0.2) is 46.0 Å². The molecule has 0 aliphatic heterocycles. The van der Waals surface area contributed by atoms with E-state index < -0.39 is 23.3 Å². The van der Waals surface area contributed by atoms with E-state index in [2.05, 4.69) is 25.8 Å². The second-order valence-electron chi connectivity index (χ2n) is 7.56. The Morgan fingerprint density at radius 3 is 2.65 bits per heavy atom. The average molecular weight is 425 g/mol. The highest BCUT2D eigenvalue weighted by Gasteiger charge is 2.48. The highest BCUT2D eigenvalue weighted by molar-refractivity contribution is 5.98. The first-order chi connectivity index (χ1) is 14.9. The van der Waals surface area contributed by atoms with Crippen LogP contribution in [0.3, 0.4) is 0 Å². The number of hydrogen-bond acceptors (Lipinski definition) is 6. The third kappa shape index (κ3) is 3.90. The van der Waals surface area contributed by atoms with Crippen molar-refractivity contribution in [3.8, 4) is 17.0 Å². The largest absolute Gasteiger partial charge is 0.506 e. The van der Waals surface area contributed by atoms with E-state index >= 15 is 0 Å². The Bertz CT molecular complexity index is 1100. The number of aromatic hydroxyl groups is 1. The van der Waals surface area contributed by atoms with Crippen molar-refractivity contribution in [3.63, 3.8) is 0 Å². The number of para-hydroxylation sites is 1. The summed E-state index contributed by atoms with van der Waals surface area (Å²) in [6.07, 6.45) is 0.867. The number of nitrogens with zero attached hydrogens (tertiary/aromatic N) is 3. The first-order valence-corrected chi connectivity index (χ1v) is 9.80. The van der Waals surface area contributed by atoms with Gasteiger partial charge in [-0.15, -0.1) is 10.2 Å². The summed E-state index contributed by atoms with van der Waals surface area (Å²) in [6.45, 7) is 0.257. The highest BCUT2D eigenvalue weighted by Crippen LogP contribution is 2.45. The van der Waals surface area contributed by atoms with E-state index in [-0.39, 0.29) is 36.4 Å². The molecule has 2 heterocycles. The number of carbonyl (C=O) groups excluding carboxylic acids is 1. The zero-order valence-corrected chi connectivity index (χ0v) is 16.8. The first kappa shape index (κ1) is 20.6. The summed E-state index contributed by atoms with van der Waals surface area (Å²) in [6, 6.07) is 10.9. The summed E-state index contributed by atoms with van der Waals surface area (Å²) >= 11 is 0. The van der Waals surface area contributed by atoms with Crippen molar-refractivity contribution in [3.05, 3.63) is 65.7 Å². The van der Waals surface area contributed by atoms with Crippen LogP contribution in [0.5, 0.6) is 5.75 Å². The van der Waals surface area contributed by atoms with E-state index in [9.17, 15) is 18.7 Å². The van der Waals surface area contributed by atoms with Gasteiger partial charge in [0.15, 0.2) is 0 Å². The Labute approximate surface area is 177 Å². The molecule has 0 spiro atoms. The molecule has 1 aromatic carbocycles. The number of anilines is 1. The molecule has 7 nitrogen and oxygen atoms in total. The monoisotopic (exact) mass is 425 g/mol. The molecule has 1 fully saturated rings. The Kier molecular flexibility index (Phi) is 5.50. The number of hydrogen-bond donors (Lipinski definition) is 3. The van der Waals surface area contributed by atoms with Crippen molar-refractivity contribution in [2.24, 2.45) is 0 Å². The van der Waals surface area contributed by atoms with Gasteiger partial charge in [0, 0.05) is 30.8 Å². The number of benzene rings is 1. The predicted octanol–water partition coefficient (Wildman–Crippen LogP) is 3.22. The molecule has 1 aliphatic carbocycles. The van der Waals surface area contributed by atoms with Crippen LogP contribution in [0, 0.1) is 5.82 Å². The number of rotatable bonds is 6. The molecule has 1 saturated carbocycles. The molecule has 3 aromatic rings. The third-order valence-corrected chi connectivity index (χ3v) is 5.54. The van der Waals surface area contributed by atoms with Crippen molar-refractivity contribution in [1.82, 2.24) is 20.5 Å². The fourth-order valence-corrected chi connectivity index (χ4v) is 3.88. The lowest BCUT2D eigenvalue weighted by atomic mass is 9.65. The van der Waals surface area contributed by atoms with E-state index in [0.29, 0.717) is 17.1 Å². The number of alkyl halides is 1. The van der Waals surface area contributed by atoms with Gasteiger partial charge in [-0.2, -0.15) is 0 Å². The topological polar surface area (TPSA) is 100 Å². The number of nitrogens with one attached hydrogen (secondary N) is 2. The summed E-state index contributed by atoms with van der Waals surface area (Å²) < 4.78 is 28.0. The molecule has 4 rings (SSSR count). The SMILES string of the molecule is CNC(=O)c1cccc(-c2ccc(NC[C@]3(c4ncccc4F)C[C@H](F)C3)nn2)c1O. The van der Waals surface area contributed by atoms with Gasteiger partial charge in [-0.1, -0.05) is 6.07 Å². The molecule has 9 heteroatoms. The molecule has 3 N–H and O–H groups in total. The van der Waals surface area contributed by atoms with Crippen molar-refractivity contribution in [2.75, 3.05) is 18.9 Å². The van der Waals surface area contributed by atoms with Crippen LogP contribution < -0.4 is 10.6 Å². The molecule has 0 bridgehead atoms. The minimum atomic E-state index is -0.993. The second kappa shape index (κ2) is 8.25. The van der Waals surface area contributed by atoms with Crippen LogP contribution in [-0.2, 0) is 5.41 Å². The molecule has 1 aliphatic rings. The summed E-state index contributed by atoms with van der Waals surface area (Å²) in [5.41, 5.74) is 0.384. The Morgan fingerprint density at radius 1 is 1.19 bits per heavy atom. The van der Waals surface area contributed by atoms with Crippen LogP contribution >= 0.6 is 0 Å². The molecule has 0 atom stereocenters. The van der Waals surface area contributed by atoms with Crippen LogP contribution in [0.2, 0.25) is 0 Å². The highest BCUT2D eigenvalue weighted by atomic mass is 19.1. The van der Waals surface area contributed by atoms with E-state index in [1.165, 1.54) is 31.4 Å². The van der Waals surface area contributed by atoms with Crippen molar-refractivity contribution >= 4 is 11.7 Å². The van der Waals surface area contributed by atoms with Gasteiger partial charge < -0.3 is 15.7 Å². The molecule has 2 aromatic heterocycles. The van der Waals surface area contributed by atoms with Gasteiger partial charge in [-0.3, -0.25) is 9.78 Å². The zero-order chi connectivity index (χ0) is 22.0. The number of carbonyl (C=O) groups is 1. The number of phenolic OH excluding ortho intramolecular Hbond substituents is 1. The summed E-state index contributed by atoms with van der Waals surface area (Å²) in [7, 11) is 1.48. The van der Waals surface area contributed by atoms with Gasteiger partial charge >= 0.3 is 0 Å². The van der Waals surface area contributed by atoms with E-state index in [1.54, 1.807) is 24.3 Å². The van der Waals surface area contributed by atoms with E-state index in [0.717, 1.165) is 0 Å². The maximum absolute atomic E-state index is 14.3. The molecule has 0 radical (unpaired) electrons. The van der Waals surface area contributed by atoms with E-state index in [4.69, 9.17) is 0 Å². The lowest BCUT2D eigenvalue weighted by molar-refractivity contribution is 0.0957. The summed E-state index contributed by atoms with van der Waals surface area (Å²) in [5.74, 6) is -0.637. The van der Waals surface area contributed by atoms with Crippen LogP contribution in [0.15, 0.2) is 48.7 Å². The predicted molar refractivity (Wildman–Crippen MR) is 111 cm³/mol. The molecule has 1 amide bonds. The number of halogens is 2. The smallest absolute Gasteiger partial charge is 0.254 e. The zero-order valence-electron chi connectivity index (χ0n) is 16.8. The number of pyridine rings is 1. The molecule has 160 valence electrons. The second-order valence-corrected chi connectivity index (χ2v) is 7.56. The van der Waals surface area contributed by atoms with Gasteiger partial charge in [0.2, 0.25) is 0 Å². The summed E-state index contributed by atoms with van der Waals surface area (Å²) in [5, 5.41) is 24.2. The standard InChI is InChI=1S/C22H21F2N5O2/c1-25-21(31)15-5-2-4-14(19(15)30)17-7-8-18(29-28-17)27-12-22(10-13(23)11-22)20-16(24)6-3-9-26-20/h2-9,13,30H,10-12H2,1H3,(H,25,31)(H,27,29)/t13-,22-.